The van der Waals surface area contributed by atoms with Gasteiger partial charge < -0.3 is 9.80 Å². The zero-order valence-electron chi connectivity index (χ0n) is 16.3. The van der Waals surface area contributed by atoms with Gasteiger partial charge in [-0.2, -0.15) is 0 Å². The zero-order valence-corrected chi connectivity index (χ0v) is 17.1. The molecular formula is C19H19N7O4S. The number of non-ortho nitro benzene ring substituents is 1. The van der Waals surface area contributed by atoms with Crippen molar-refractivity contribution in [3.63, 3.8) is 0 Å². The molecule has 1 aliphatic rings. The quantitative estimate of drug-likeness (QED) is 0.449. The van der Waals surface area contributed by atoms with Crippen LogP contribution in [0.5, 0.6) is 0 Å². The van der Waals surface area contributed by atoms with Crippen LogP contribution < -0.4 is 14.5 Å². The molecule has 0 aliphatic carbocycles. The van der Waals surface area contributed by atoms with Crippen molar-refractivity contribution in [3.8, 4) is 0 Å². The Balaban J connectivity index is 1.41. The third-order valence-corrected chi connectivity index (χ3v) is 6.14. The highest BCUT2D eigenvalue weighted by Gasteiger charge is 2.21. The lowest BCUT2D eigenvalue weighted by atomic mass is 10.3. The maximum absolute atomic E-state index is 12.5. The molecule has 0 atom stereocenters. The number of aromatic nitrogens is 3. The number of nitro groups is 1. The molecule has 1 aliphatic heterocycles. The molecule has 12 heteroatoms. The third-order valence-electron chi connectivity index (χ3n) is 4.76. The number of nitro benzene ring substituents is 1. The minimum atomic E-state index is -4.01. The highest BCUT2D eigenvalue weighted by molar-refractivity contribution is 7.92. The number of anilines is 3. The van der Waals surface area contributed by atoms with E-state index in [0.717, 1.165) is 25.0 Å². The Morgan fingerprint density at radius 1 is 0.935 bits per heavy atom. The summed E-state index contributed by atoms with van der Waals surface area (Å²) < 4.78 is 27.4. The van der Waals surface area contributed by atoms with E-state index in [4.69, 9.17) is 0 Å². The molecule has 0 amide bonds. The van der Waals surface area contributed by atoms with E-state index in [-0.39, 0.29) is 16.3 Å². The molecule has 0 saturated carbocycles. The van der Waals surface area contributed by atoms with E-state index >= 15 is 0 Å². The normalized spacial score (nSPS) is 14.3. The standard InChI is InChI=1S/C19H19N7O4S/c27-26(28)16-4-3-5-17(12-16)31(29,30)23-15-13-21-19(22-14-15)25-10-8-24(9-11-25)18-6-1-2-7-20-18/h1-7,12-14,23H,8-11H2. The fourth-order valence-corrected chi connectivity index (χ4v) is 4.26. The summed E-state index contributed by atoms with van der Waals surface area (Å²) in [4.78, 5) is 27.1. The second-order valence-corrected chi connectivity index (χ2v) is 8.48. The first-order valence-corrected chi connectivity index (χ1v) is 10.9. The van der Waals surface area contributed by atoms with Gasteiger partial charge in [0.2, 0.25) is 5.95 Å². The molecular weight excluding hydrogens is 422 g/mol. The van der Waals surface area contributed by atoms with Crippen LogP contribution in [0.1, 0.15) is 0 Å². The number of rotatable bonds is 6. The minimum Gasteiger partial charge on any atom is -0.353 e. The van der Waals surface area contributed by atoms with Crippen LogP contribution in [0, 0.1) is 10.1 Å². The average molecular weight is 441 g/mol. The predicted octanol–water partition coefficient (Wildman–Crippen LogP) is 1.91. The number of pyridine rings is 1. The van der Waals surface area contributed by atoms with Crippen molar-refractivity contribution in [2.75, 3.05) is 40.7 Å². The van der Waals surface area contributed by atoms with E-state index in [1.165, 1.54) is 30.6 Å². The number of nitrogens with one attached hydrogen (secondary N) is 1. The third kappa shape index (κ3) is 4.69. The first-order valence-electron chi connectivity index (χ1n) is 9.43. The van der Waals surface area contributed by atoms with Gasteiger partial charge in [-0.1, -0.05) is 12.1 Å². The summed E-state index contributed by atoms with van der Waals surface area (Å²) in [6, 6.07) is 10.6. The fraction of sp³-hybridized carbons (Fsp3) is 0.211. The summed E-state index contributed by atoms with van der Waals surface area (Å²) in [5.41, 5.74) is -0.137. The van der Waals surface area contributed by atoms with Crippen LogP contribution in [-0.4, -0.2) is 54.5 Å². The molecule has 4 rings (SSSR count). The Bertz CT molecular complexity index is 1170. The Kier molecular flexibility index (Phi) is 5.62. The van der Waals surface area contributed by atoms with E-state index in [9.17, 15) is 18.5 Å². The van der Waals surface area contributed by atoms with Crippen LogP contribution in [-0.2, 0) is 10.0 Å². The monoisotopic (exact) mass is 441 g/mol. The molecule has 1 N–H and O–H groups in total. The van der Waals surface area contributed by atoms with Crippen molar-refractivity contribution in [1.82, 2.24) is 15.0 Å². The Morgan fingerprint density at radius 3 is 2.29 bits per heavy atom. The fourth-order valence-electron chi connectivity index (χ4n) is 3.19. The molecule has 11 nitrogen and oxygen atoms in total. The van der Waals surface area contributed by atoms with Gasteiger partial charge in [-0.25, -0.2) is 23.4 Å². The SMILES string of the molecule is O=[N+]([O-])c1cccc(S(=O)(=O)Nc2cnc(N3CCN(c4ccccn4)CC3)nc2)c1. The maximum Gasteiger partial charge on any atom is 0.270 e. The number of hydrogen-bond acceptors (Lipinski definition) is 9. The topological polar surface area (TPSA) is 134 Å². The van der Waals surface area contributed by atoms with E-state index in [2.05, 4.69) is 24.6 Å². The number of sulfonamides is 1. The summed E-state index contributed by atoms with van der Waals surface area (Å²) in [7, 11) is -4.01. The molecule has 0 bridgehead atoms. The van der Waals surface area contributed by atoms with Crippen molar-refractivity contribution in [2.24, 2.45) is 0 Å². The van der Waals surface area contributed by atoms with Crippen molar-refractivity contribution < 1.29 is 13.3 Å². The zero-order chi connectivity index (χ0) is 21.8. The highest BCUT2D eigenvalue weighted by atomic mass is 32.2. The van der Waals surface area contributed by atoms with Crippen LogP contribution in [0.15, 0.2) is 66.0 Å². The lowest BCUT2D eigenvalue weighted by molar-refractivity contribution is -0.385. The highest BCUT2D eigenvalue weighted by Crippen LogP contribution is 2.21. The molecule has 1 aromatic carbocycles. The Labute approximate surface area is 178 Å². The minimum absolute atomic E-state index is 0.169. The number of nitrogens with zero attached hydrogens (tertiary/aromatic N) is 6. The van der Waals surface area contributed by atoms with Gasteiger partial charge in [-0.05, 0) is 18.2 Å². The van der Waals surface area contributed by atoms with E-state index < -0.39 is 14.9 Å². The van der Waals surface area contributed by atoms with Gasteiger partial charge in [0.15, 0.2) is 0 Å². The van der Waals surface area contributed by atoms with Gasteiger partial charge in [-0.3, -0.25) is 14.8 Å². The van der Waals surface area contributed by atoms with Crippen LogP contribution in [0.2, 0.25) is 0 Å². The van der Waals surface area contributed by atoms with Crippen LogP contribution in [0.25, 0.3) is 0 Å². The lowest BCUT2D eigenvalue weighted by Crippen LogP contribution is -2.47. The molecule has 0 unspecified atom stereocenters. The summed E-state index contributed by atoms with van der Waals surface area (Å²) in [5.74, 6) is 1.42. The summed E-state index contributed by atoms with van der Waals surface area (Å²) in [6.45, 7) is 2.94. The second kappa shape index (κ2) is 8.52. The largest absolute Gasteiger partial charge is 0.353 e. The van der Waals surface area contributed by atoms with Crippen LogP contribution in [0.4, 0.5) is 23.1 Å². The smallest absolute Gasteiger partial charge is 0.270 e. The van der Waals surface area contributed by atoms with Gasteiger partial charge in [0, 0.05) is 44.5 Å². The van der Waals surface area contributed by atoms with Crippen molar-refractivity contribution in [1.29, 1.82) is 0 Å². The second-order valence-electron chi connectivity index (χ2n) is 6.79. The molecule has 31 heavy (non-hydrogen) atoms. The molecule has 160 valence electrons. The van der Waals surface area contributed by atoms with Crippen LogP contribution in [0.3, 0.4) is 0 Å². The molecule has 0 radical (unpaired) electrons. The van der Waals surface area contributed by atoms with Crippen molar-refractivity contribution in [3.05, 3.63) is 71.2 Å². The first-order chi connectivity index (χ1) is 14.9. The first kappa shape index (κ1) is 20.5. The maximum atomic E-state index is 12.5. The Morgan fingerprint density at radius 2 is 1.65 bits per heavy atom. The van der Waals surface area contributed by atoms with Crippen molar-refractivity contribution >= 4 is 33.2 Å². The summed E-state index contributed by atoms with van der Waals surface area (Å²) >= 11 is 0. The predicted molar refractivity (Wildman–Crippen MR) is 115 cm³/mol. The van der Waals surface area contributed by atoms with E-state index in [1.54, 1.807) is 6.20 Å². The van der Waals surface area contributed by atoms with Gasteiger partial charge in [-0.15, -0.1) is 0 Å². The summed E-state index contributed by atoms with van der Waals surface area (Å²) in [5, 5.41) is 10.9. The number of benzene rings is 1. The van der Waals surface area contributed by atoms with Gasteiger partial charge in [0.25, 0.3) is 15.7 Å². The lowest BCUT2D eigenvalue weighted by Gasteiger charge is -2.35. The molecule has 1 fully saturated rings. The van der Waals surface area contributed by atoms with Crippen LogP contribution >= 0.6 is 0 Å². The Hall–Kier alpha value is -3.80. The van der Waals surface area contributed by atoms with E-state index in [1.807, 2.05) is 23.1 Å². The van der Waals surface area contributed by atoms with Crippen molar-refractivity contribution in [2.45, 2.75) is 4.90 Å². The molecule has 0 spiro atoms. The van der Waals surface area contributed by atoms with Gasteiger partial charge in [0.05, 0.1) is 27.9 Å². The number of piperazine rings is 1. The number of hydrogen-bond donors (Lipinski definition) is 1. The van der Waals surface area contributed by atoms with E-state index in [0.29, 0.717) is 19.0 Å². The van der Waals surface area contributed by atoms with Gasteiger partial charge in [0.1, 0.15) is 5.82 Å². The average Bonchev–Trinajstić information content (AvgIpc) is 2.80. The summed E-state index contributed by atoms with van der Waals surface area (Å²) in [6.07, 6.45) is 4.52. The molecule has 1 saturated heterocycles. The van der Waals surface area contributed by atoms with Gasteiger partial charge >= 0.3 is 0 Å². The molecule has 3 aromatic rings. The molecule has 2 aromatic heterocycles. The molecule has 3 heterocycles.